The van der Waals surface area contributed by atoms with Crippen molar-refractivity contribution in [3.63, 3.8) is 0 Å². The quantitative estimate of drug-likeness (QED) is 0.115. The van der Waals surface area contributed by atoms with E-state index in [1.165, 1.54) is 0 Å². The van der Waals surface area contributed by atoms with Gasteiger partial charge in [-0.05, 0) is 59.3 Å². The van der Waals surface area contributed by atoms with Crippen molar-refractivity contribution < 1.29 is 32.5 Å². The molecular weight excluding hydrogens is 428 g/mol. The summed E-state index contributed by atoms with van der Waals surface area (Å²) < 4.78 is 18.3. The molecule has 0 aliphatic carbocycles. The second-order valence-electron chi connectivity index (χ2n) is 8.56. The lowest BCUT2D eigenvalue weighted by Crippen LogP contribution is -2.59. The van der Waals surface area contributed by atoms with Gasteiger partial charge in [0.25, 0.3) is 0 Å². The molecule has 0 saturated carbocycles. The highest BCUT2D eigenvalue weighted by Gasteiger charge is 2.54. The molecule has 3 unspecified atom stereocenters. The summed E-state index contributed by atoms with van der Waals surface area (Å²) in [6.45, 7) is 16.7. The van der Waals surface area contributed by atoms with Crippen molar-refractivity contribution >= 4 is 27.9 Å². The Hall–Kier alpha value is -1.71. The average molecular weight is 469 g/mol. The summed E-state index contributed by atoms with van der Waals surface area (Å²) in [5, 5.41) is 0. The van der Waals surface area contributed by atoms with Crippen LogP contribution in [0.5, 0.6) is 0 Å². The molecule has 0 aromatic rings. The molecule has 0 amide bonds. The zero-order chi connectivity index (χ0) is 24.7. The van der Waals surface area contributed by atoms with Crippen molar-refractivity contribution in [2.24, 2.45) is 0 Å². The molecule has 8 heteroatoms. The molecule has 0 aromatic carbocycles. The number of carbonyl (C=O) groups excluding carboxylic acids is 3. The highest BCUT2D eigenvalue weighted by atomic mass is 28.4. The van der Waals surface area contributed by atoms with Crippen molar-refractivity contribution in [1.82, 2.24) is 0 Å². The third-order valence-corrected chi connectivity index (χ3v) is 7.54. The van der Waals surface area contributed by atoms with Crippen molar-refractivity contribution in [3.8, 4) is 0 Å². The van der Waals surface area contributed by atoms with E-state index >= 15 is 0 Å². The van der Waals surface area contributed by atoms with E-state index in [0.29, 0.717) is 57.8 Å². The molecule has 0 radical (unpaired) electrons. The number of hydrogen-bond donors (Lipinski definition) is 1. The lowest BCUT2D eigenvalue weighted by atomic mass is 10.00. The van der Waals surface area contributed by atoms with Crippen molar-refractivity contribution in [2.45, 2.75) is 95.4 Å². The first-order chi connectivity index (χ1) is 15.0. The number of aldehydes is 3. The molecule has 7 nitrogen and oxygen atoms in total. The summed E-state index contributed by atoms with van der Waals surface area (Å²) in [4.78, 5) is 43.8. The van der Waals surface area contributed by atoms with Gasteiger partial charge in [0.15, 0.2) is 0 Å². The Morgan fingerprint density at radius 3 is 1.09 bits per heavy atom. The Labute approximate surface area is 194 Å². The zero-order valence-corrected chi connectivity index (χ0v) is 20.8. The molecule has 32 heavy (non-hydrogen) atoms. The van der Waals surface area contributed by atoms with Crippen LogP contribution in [-0.4, -0.2) is 49.5 Å². The topological polar surface area (TPSA) is 99.1 Å². The normalized spacial score (nSPS) is 18.8. The Balaban J connectivity index is 5.94. The van der Waals surface area contributed by atoms with Crippen LogP contribution in [0.15, 0.2) is 38.0 Å². The van der Waals surface area contributed by atoms with E-state index in [0.717, 1.165) is 18.9 Å². The second-order valence-corrected chi connectivity index (χ2v) is 10.2. The van der Waals surface area contributed by atoms with Gasteiger partial charge < -0.3 is 32.5 Å². The predicted molar refractivity (Wildman–Crippen MR) is 127 cm³/mol. The highest BCUT2D eigenvalue weighted by Crippen LogP contribution is 2.34. The summed E-state index contributed by atoms with van der Waals surface area (Å²) in [7, 11) is -4.38. The van der Waals surface area contributed by atoms with Gasteiger partial charge >= 0.3 is 9.05 Å². The number of unbranched alkanes of at least 4 members (excludes halogenated alkanes) is 3. The van der Waals surface area contributed by atoms with Crippen LogP contribution >= 0.6 is 0 Å². The van der Waals surface area contributed by atoms with E-state index in [1.54, 1.807) is 39.0 Å². The average Bonchev–Trinajstić information content (AvgIpc) is 2.74. The second kappa shape index (κ2) is 14.4. The smallest absolute Gasteiger partial charge is 0.367 e. The molecular formula is C24H40O7Si. The van der Waals surface area contributed by atoms with Crippen LogP contribution < -0.4 is 0 Å². The van der Waals surface area contributed by atoms with Crippen LogP contribution in [0.1, 0.15) is 78.6 Å². The van der Waals surface area contributed by atoms with Crippen molar-refractivity contribution in [1.29, 1.82) is 0 Å². The maximum atomic E-state index is 11.6. The van der Waals surface area contributed by atoms with E-state index in [4.69, 9.17) is 13.3 Å². The van der Waals surface area contributed by atoms with E-state index < -0.39 is 25.9 Å². The van der Waals surface area contributed by atoms with Gasteiger partial charge in [0.05, 0.1) is 16.8 Å². The molecule has 0 heterocycles. The minimum Gasteiger partial charge on any atom is -0.367 e. The van der Waals surface area contributed by atoms with Gasteiger partial charge in [0.1, 0.15) is 18.9 Å². The van der Waals surface area contributed by atoms with Gasteiger partial charge in [-0.2, -0.15) is 0 Å². The van der Waals surface area contributed by atoms with Crippen LogP contribution in [0.25, 0.3) is 0 Å². The van der Waals surface area contributed by atoms with E-state index in [-0.39, 0.29) is 0 Å². The van der Waals surface area contributed by atoms with Crippen LogP contribution in [0, 0.1) is 0 Å². The molecule has 1 N–H and O–H groups in total. The third kappa shape index (κ3) is 11.2. The van der Waals surface area contributed by atoms with Gasteiger partial charge in [0.2, 0.25) is 0 Å². The van der Waals surface area contributed by atoms with Crippen LogP contribution in [0.2, 0.25) is 0 Å². The minimum atomic E-state index is -4.38. The Morgan fingerprint density at radius 1 is 0.656 bits per heavy atom. The fourth-order valence-corrected chi connectivity index (χ4v) is 5.59. The Morgan fingerprint density at radius 2 is 0.906 bits per heavy atom. The molecule has 0 aliphatic rings. The fourth-order valence-electron chi connectivity index (χ4n) is 3.14. The minimum absolute atomic E-state index is 0.348. The maximum Gasteiger partial charge on any atom is 0.678 e. The zero-order valence-electron chi connectivity index (χ0n) is 19.8. The van der Waals surface area contributed by atoms with E-state index in [2.05, 4.69) is 19.7 Å². The number of carbonyl (C=O) groups is 3. The van der Waals surface area contributed by atoms with E-state index in [1.807, 2.05) is 0 Å². The van der Waals surface area contributed by atoms with Crippen LogP contribution in [-0.2, 0) is 27.7 Å². The number of hydrogen-bond acceptors (Lipinski definition) is 7. The van der Waals surface area contributed by atoms with Gasteiger partial charge in [-0.25, -0.2) is 0 Å². The molecule has 0 aliphatic heterocycles. The standard InChI is InChI=1S/C24H40O7Si/c1-7-22(4,16-10-13-19-25)29-32(28,30-23(5,8-2)17-11-14-20-26)31-24(6,9-3)18-12-15-21-27/h7-9,19-21,28H,1-3,10-18H2,4-6H3. The largest absolute Gasteiger partial charge is 0.678 e. The van der Waals surface area contributed by atoms with Gasteiger partial charge in [0, 0.05) is 19.3 Å². The van der Waals surface area contributed by atoms with Crippen LogP contribution in [0.4, 0.5) is 0 Å². The first kappa shape index (κ1) is 30.3. The van der Waals surface area contributed by atoms with Crippen LogP contribution in [0.3, 0.4) is 0 Å². The van der Waals surface area contributed by atoms with Gasteiger partial charge in [-0.15, -0.1) is 19.7 Å². The molecule has 0 fully saturated rings. The van der Waals surface area contributed by atoms with Gasteiger partial charge in [-0.1, -0.05) is 18.2 Å². The van der Waals surface area contributed by atoms with E-state index in [9.17, 15) is 19.2 Å². The third-order valence-electron chi connectivity index (χ3n) is 5.37. The molecule has 0 saturated heterocycles. The Bertz CT molecular complexity index is 554. The summed E-state index contributed by atoms with van der Waals surface area (Å²) in [5.74, 6) is 0. The summed E-state index contributed by atoms with van der Waals surface area (Å²) in [6.07, 6.45) is 11.0. The molecule has 0 spiro atoms. The lowest BCUT2D eigenvalue weighted by molar-refractivity contribution is -0.117. The molecule has 0 aromatic heterocycles. The lowest BCUT2D eigenvalue weighted by Gasteiger charge is -2.42. The molecule has 182 valence electrons. The number of rotatable bonds is 21. The first-order valence-corrected chi connectivity index (χ1v) is 12.7. The maximum absolute atomic E-state index is 11.6. The summed E-state index contributed by atoms with van der Waals surface area (Å²) in [6, 6.07) is 0. The van der Waals surface area contributed by atoms with Gasteiger partial charge in [-0.3, -0.25) is 0 Å². The Kier molecular flexibility index (Phi) is 13.7. The molecule has 3 atom stereocenters. The monoisotopic (exact) mass is 468 g/mol. The predicted octanol–water partition coefficient (Wildman–Crippen LogP) is 4.41. The molecule has 0 rings (SSSR count). The first-order valence-electron chi connectivity index (χ1n) is 11.0. The van der Waals surface area contributed by atoms with Crippen molar-refractivity contribution in [3.05, 3.63) is 38.0 Å². The summed E-state index contributed by atoms with van der Waals surface area (Å²) in [5.41, 5.74) is -3.04. The highest BCUT2D eigenvalue weighted by molar-refractivity contribution is 6.52. The molecule has 0 bridgehead atoms. The summed E-state index contributed by atoms with van der Waals surface area (Å²) >= 11 is 0. The fraction of sp³-hybridized carbons (Fsp3) is 0.625. The van der Waals surface area contributed by atoms with Crippen molar-refractivity contribution in [2.75, 3.05) is 0 Å². The SMILES string of the molecule is C=CC(C)(CCCC=O)O[Si](O)(OC(C)(C=C)CCCC=O)OC(C)(C=C)CCCC=O.